The summed E-state index contributed by atoms with van der Waals surface area (Å²) in [5, 5.41) is 6.45. The van der Waals surface area contributed by atoms with E-state index in [0.717, 1.165) is 16.2 Å². The van der Waals surface area contributed by atoms with Crippen LogP contribution in [0.2, 0.25) is 0 Å². The minimum Gasteiger partial charge on any atom is -0.365 e. The maximum atomic E-state index is 5.19. The number of thiocarbonyl (C=S) groups is 1. The molecule has 0 spiro atoms. The molecule has 3 heteroatoms. The Labute approximate surface area is 77.0 Å². The Kier molecular flexibility index (Phi) is 1.73. The first kappa shape index (κ1) is 7.55. The second-order valence-electron chi connectivity index (χ2n) is 2.89. The lowest BCUT2D eigenvalue weighted by Crippen LogP contribution is -2.42. The lowest BCUT2D eigenvalue weighted by atomic mass is 10.1. The van der Waals surface area contributed by atoms with Crippen LogP contribution in [-0.4, -0.2) is 11.2 Å². The van der Waals surface area contributed by atoms with Crippen LogP contribution in [-0.2, 0) is 0 Å². The van der Waals surface area contributed by atoms with E-state index in [4.69, 9.17) is 12.2 Å². The van der Waals surface area contributed by atoms with E-state index in [-0.39, 0.29) is 6.17 Å². The van der Waals surface area contributed by atoms with Gasteiger partial charge in [-0.3, -0.25) is 0 Å². The maximum Gasteiger partial charge on any atom is 0.110 e. The van der Waals surface area contributed by atoms with E-state index in [1.807, 2.05) is 31.2 Å². The van der Waals surface area contributed by atoms with E-state index in [0.29, 0.717) is 0 Å². The summed E-state index contributed by atoms with van der Waals surface area (Å²) in [7, 11) is 0. The Morgan fingerprint density at radius 2 is 2.00 bits per heavy atom. The quantitative estimate of drug-likeness (QED) is 0.591. The summed E-state index contributed by atoms with van der Waals surface area (Å²) in [5.41, 5.74) is 2.21. The van der Waals surface area contributed by atoms with Crippen LogP contribution < -0.4 is 10.6 Å². The molecule has 0 bridgehead atoms. The molecule has 1 aliphatic heterocycles. The number of hydrogen-bond acceptors (Lipinski definition) is 2. The highest BCUT2D eigenvalue weighted by Gasteiger charge is 2.15. The number of para-hydroxylation sites is 1. The molecule has 0 aromatic heterocycles. The average Bonchev–Trinajstić information content (AvgIpc) is 2.04. The van der Waals surface area contributed by atoms with Crippen molar-refractivity contribution in [1.82, 2.24) is 5.32 Å². The minimum atomic E-state index is 0.229. The van der Waals surface area contributed by atoms with Crippen LogP contribution >= 0.6 is 12.2 Å². The molecule has 62 valence electrons. The van der Waals surface area contributed by atoms with Crippen molar-refractivity contribution >= 4 is 22.9 Å². The summed E-state index contributed by atoms with van der Waals surface area (Å²) >= 11 is 5.19. The zero-order valence-electron chi connectivity index (χ0n) is 6.79. The van der Waals surface area contributed by atoms with Crippen molar-refractivity contribution in [3.63, 3.8) is 0 Å². The zero-order chi connectivity index (χ0) is 8.55. The molecule has 0 aliphatic carbocycles. The van der Waals surface area contributed by atoms with E-state index in [9.17, 15) is 0 Å². The van der Waals surface area contributed by atoms with E-state index in [2.05, 4.69) is 10.6 Å². The second-order valence-corrected chi connectivity index (χ2v) is 3.29. The molecule has 2 rings (SSSR count). The van der Waals surface area contributed by atoms with Crippen LogP contribution in [0.1, 0.15) is 12.5 Å². The highest BCUT2D eigenvalue weighted by molar-refractivity contribution is 7.80. The van der Waals surface area contributed by atoms with Gasteiger partial charge in [-0.1, -0.05) is 24.4 Å². The van der Waals surface area contributed by atoms with Crippen LogP contribution in [0.5, 0.6) is 0 Å². The van der Waals surface area contributed by atoms with Gasteiger partial charge in [-0.2, -0.15) is 0 Å². The van der Waals surface area contributed by atoms with Crippen molar-refractivity contribution in [2.24, 2.45) is 0 Å². The summed E-state index contributed by atoms with van der Waals surface area (Å²) in [5.74, 6) is 0. The molecule has 0 saturated heterocycles. The van der Waals surface area contributed by atoms with E-state index >= 15 is 0 Å². The summed E-state index contributed by atoms with van der Waals surface area (Å²) < 4.78 is 0. The normalized spacial score (nSPS) is 20.8. The van der Waals surface area contributed by atoms with E-state index in [1.165, 1.54) is 0 Å². The Balaban J connectivity index is 2.47. The summed E-state index contributed by atoms with van der Waals surface area (Å²) in [6, 6.07) is 8.06. The van der Waals surface area contributed by atoms with Crippen LogP contribution in [0, 0.1) is 0 Å². The molecular formula is C9H10N2S. The number of rotatable bonds is 0. The van der Waals surface area contributed by atoms with E-state index in [1.54, 1.807) is 0 Å². The number of hydrogen-bond donors (Lipinski definition) is 2. The van der Waals surface area contributed by atoms with Gasteiger partial charge in [0.1, 0.15) is 4.99 Å². The summed E-state index contributed by atoms with van der Waals surface area (Å²) in [6.07, 6.45) is 0.229. The predicted molar refractivity (Wildman–Crippen MR) is 54.4 cm³/mol. The third-order valence-corrected chi connectivity index (χ3v) is 2.23. The van der Waals surface area contributed by atoms with Gasteiger partial charge in [-0.15, -0.1) is 0 Å². The molecule has 12 heavy (non-hydrogen) atoms. The van der Waals surface area contributed by atoms with Gasteiger partial charge in [0.15, 0.2) is 0 Å². The van der Waals surface area contributed by atoms with Gasteiger partial charge in [0.2, 0.25) is 0 Å². The van der Waals surface area contributed by atoms with Crippen LogP contribution in [0.4, 0.5) is 5.69 Å². The molecule has 1 aromatic carbocycles. The van der Waals surface area contributed by atoms with Crippen LogP contribution in [0.25, 0.3) is 0 Å². The molecule has 0 fully saturated rings. The highest BCUT2D eigenvalue weighted by atomic mass is 32.1. The van der Waals surface area contributed by atoms with Gasteiger partial charge in [0, 0.05) is 11.3 Å². The molecule has 1 heterocycles. The monoisotopic (exact) mass is 178 g/mol. The molecule has 0 unspecified atom stereocenters. The van der Waals surface area contributed by atoms with Crippen LogP contribution in [0.3, 0.4) is 0 Å². The van der Waals surface area contributed by atoms with E-state index < -0.39 is 0 Å². The van der Waals surface area contributed by atoms with Crippen molar-refractivity contribution in [1.29, 1.82) is 0 Å². The van der Waals surface area contributed by atoms with Gasteiger partial charge < -0.3 is 10.6 Å². The molecule has 0 saturated carbocycles. The Bertz CT molecular complexity index is 322. The molecule has 2 N–H and O–H groups in total. The highest BCUT2D eigenvalue weighted by Crippen LogP contribution is 2.19. The lowest BCUT2D eigenvalue weighted by molar-refractivity contribution is 0.745. The number of benzene rings is 1. The van der Waals surface area contributed by atoms with Gasteiger partial charge in [0.05, 0.1) is 6.17 Å². The zero-order valence-corrected chi connectivity index (χ0v) is 7.61. The van der Waals surface area contributed by atoms with Crippen molar-refractivity contribution in [3.8, 4) is 0 Å². The number of fused-ring (bicyclic) bond motifs is 1. The average molecular weight is 178 g/mol. The summed E-state index contributed by atoms with van der Waals surface area (Å²) in [4.78, 5) is 0.830. The van der Waals surface area contributed by atoms with Gasteiger partial charge in [0.25, 0.3) is 0 Å². The minimum absolute atomic E-state index is 0.229. The standard InChI is InChI=1S/C9H10N2S/c1-6-10-8-5-3-2-4-7(8)9(12)11-6/h2-6,10H,1H3,(H,11,12)/t6-/m0/s1. The smallest absolute Gasteiger partial charge is 0.110 e. The fraction of sp³-hybridized carbons (Fsp3) is 0.222. The van der Waals surface area contributed by atoms with Gasteiger partial charge >= 0.3 is 0 Å². The first-order valence-corrected chi connectivity index (χ1v) is 4.34. The second kappa shape index (κ2) is 2.75. The third-order valence-electron chi connectivity index (χ3n) is 1.89. The number of nitrogens with one attached hydrogen (secondary N) is 2. The predicted octanol–water partition coefficient (Wildman–Crippen LogP) is 1.72. The molecule has 2 nitrogen and oxygen atoms in total. The topological polar surface area (TPSA) is 24.1 Å². The molecular weight excluding hydrogens is 168 g/mol. The SMILES string of the molecule is C[C@@H]1NC(=S)c2ccccc2N1. The lowest BCUT2D eigenvalue weighted by Gasteiger charge is -2.26. The van der Waals surface area contributed by atoms with Gasteiger partial charge in [-0.25, -0.2) is 0 Å². The molecule has 1 aliphatic rings. The molecule has 0 amide bonds. The van der Waals surface area contributed by atoms with Crippen molar-refractivity contribution in [3.05, 3.63) is 29.8 Å². The third kappa shape index (κ3) is 1.16. The van der Waals surface area contributed by atoms with Crippen molar-refractivity contribution in [2.75, 3.05) is 5.32 Å². The molecule has 1 atom stereocenters. The fourth-order valence-electron chi connectivity index (χ4n) is 1.35. The van der Waals surface area contributed by atoms with Gasteiger partial charge in [-0.05, 0) is 19.1 Å². The van der Waals surface area contributed by atoms with Crippen molar-refractivity contribution < 1.29 is 0 Å². The summed E-state index contributed by atoms with van der Waals surface area (Å²) in [6.45, 7) is 2.04. The largest absolute Gasteiger partial charge is 0.365 e. The Morgan fingerprint density at radius 3 is 2.83 bits per heavy atom. The van der Waals surface area contributed by atoms with Crippen LogP contribution in [0.15, 0.2) is 24.3 Å². The Hall–Kier alpha value is -1.09. The number of anilines is 1. The maximum absolute atomic E-state index is 5.19. The molecule has 1 aromatic rings. The first-order chi connectivity index (χ1) is 5.77. The van der Waals surface area contributed by atoms with Crippen molar-refractivity contribution in [2.45, 2.75) is 13.1 Å². The first-order valence-electron chi connectivity index (χ1n) is 3.94. The molecule has 0 radical (unpaired) electrons. The fourth-order valence-corrected chi connectivity index (χ4v) is 1.71. The Morgan fingerprint density at radius 1 is 1.25 bits per heavy atom.